The molecule has 0 saturated carbocycles. The minimum atomic E-state index is -0.127. The van der Waals surface area contributed by atoms with Gasteiger partial charge in [0.25, 0.3) is 0 Å². The van der Waals surface area contributed by atoms with E-state index in [1.807, 2.05) is 13.0 Å². The molecule has 1 fully saturated rings. The molecule has 1 aromatic rings. The van der Waals surface area contributed by atoms with Gasteiger partial charge in [-0.25, -0.2) is 0 Å². The van der Waals surface area contributed by atoms with E-state index in [0.29, 0.717) is 19.6 Å². The van der Waals surface area contributed by atoms with Crippen molar-refractivity contribution in [3.8, 4) is 0 Å². The highest BCUT2D eigenvalue weighted by atomic mass is 16.5. The van der Waals surface area contributed by atoms with E-state index in [9.17, 15) is 4.79 Å². The van der Waals surface area contributed by atoms with E-state index in [1.165, 1.54) is 31.5 Å². The molecule has 1 aromatic carbocycles. The van der Waals surface area contributed by atoms with E-state index in [0.717, 1.165) is 6.54 Å². The van der Waals surface area contributed by atoms with Crippen LogP contribution in [0.4, 0.5) is 0 Å². The van der Waals surface area contributed by atoms with Crippen molar-refractivity contribution < 1.29 is 9.53 Å². The summed E-state index contributed by atoms with van der Waals surface area (Å²) in [6, 6.07) is 10.8. The normalized spacial score (nSPS) is 16.8. The number of carbonyl (C=O) groups excluding carboxylic acids is 1. The molecule has 1 saturated heterocycles. The van der Waals surface area contributed by atoms with Gasteiger partial charge in [0.1, 0.15) is 0 Å². The van der Waals surface area contributed by atoms with E-state index >= 15 is 0 Å². The van der Waals surface area contributed by atoms with Crippen molar-refractivity contribution in [3.05, 3.63) is 35.9 Å². The molecule has 1 aliphatic heterocycles. The Bertz CT molecular complexity index is 416. The van der Waals surface area contributed by atoms with Crippen molar-refractivity contribution in [3.63, 3.8) is 0 Å². The molecule has 116 valence electrons. The van der Waals surface area contributed by atoms with Crippen LogP contribution in [-0.4, -0.2) is 43.7 Å². The third kappa shape index (κ3) is 5.48. The third-order valence-corrected chi connectivity index (χ3v) is 3.87. The molecule has 1 N–H and O–H groups in total. The fraction of sp³-hybridized carbons (Fsp3) is 0.588. The van der Waals surface area contributed by atoms with Crippen molar-refractivity contribution in [1.29, 1.82) is 0 Å². The number of esters is 1. The molecule has 1 atom stereocenters. The van der Waals surface area contributed by atoms with Gasteiger partial charge in [0.15, 0.2) is 0 Å². The first kappa shape index (κ1) is 16.0. The lowest BCUT2D eigenvalue weighted by Gasteiger charge is -2.25. The van der Waals surface area contributed by atoms with Gasteiger partial charge < -0.3 is 15.0 Å². The number of carbonyl (C=O) groups is 1. The summed E-state index contributed by atoms with van der Waals surface area (Å²) < 4.78 is 4.97. The second kappa shape index (κ2) is 8.80. The van der Waals surface area contributed by atoms with Gasteiger partial charge in [-0.3, -0.25) is 4.79 Å². The average Bonchev–Trinajstić information content (AvgIpc) is 3.00. The van der Waals surface area contributed by atoms with Gasteiger partial charge in [-0.1, -0.05) is 30.3 Å². The Morgan fingerprint density at radius 1 is 1.29 bits per heavy atom. The summed E-state index contributed by atoms with van der Waals surface area (Å²) in [6.45, 7) is 6.32. The van der Waals surface area contributed by atoms with Crippen molar-refractivity contribution in [1.82, 2.24) is 10.2 Å². The quantitative estimate of drug-likeness (QED) is 0.746. The van der Waals surface area contributed by atoms with Gasteiger partial charge in [0.05, 0.1) is 13.0 Å². The molecule has 0 amide bonds. The van der Waals surface area contributed by atoms with Crippen LogP contribution in [0.1, 0.15) is 37.8 Å². The summed E-state index contributed by atoms with van der Waals surface area (Å²) in [4.78, 5) is 13.9. The fourth-order valence-electron chi connectivity index (χ4n) is 2.78. The van der Waals surface area contributed by atoms with Crippen LogP contribution in [0, 0.1) is 0 Å². The smallest absolute Gasteiger partial charge is 0.307 e. The Hall–Kier alpha value is -1.39. The standard InChI is InChI=1S/C17H26N2O2/c1-2-21-17(20)10-11-18-16(14-19-12-6-7-13-19)15-8-4-3-5-9-15/h3-5,8-9,16,18H,2,6-7,10-14H2,1H3/t16-/m1/s1. The van der Waals surface area contributed by atoms with Gasteiger partial charge in [-0.2, -0.15) is 0 Å². The van der Waals surface area contributed by atoms with Crippen molar-refractivity contribution in [2.45, 2.75) is 32.2 Å². The molecule has 0 radical (unpaired) electrons. The lowest BCUT2D eigenvalue weighted by atomic mass is 10.1. The Labute approximate surface area is 127 Å². The Morgan fingerprint density at radius 2 is 2.00 bits per heavy atom. The Kier molecular flexibility index (Phi) is 6.70. The highest BCUT2D eigenvalue weighted by Gasteiger charge is 2.18. The Morgan fingerprint density at radius 3 is 2.67 bits per heavy atom. The first-order chi connectivity index (χ1) is 10.3. The SMILES string of the molecule is CCOC(=O)CCN[C@H](CN1CCCC1)c1ccccc1. The number of ether oxygens (including phenoxy) is 1. The number of benzene rings is 1. The van der Waals surface area contributed by atoms with Gasteiger partial charge in [0, 0.05) is 19.1 Å². The number of rotatable bonds is 8. The summed E-state index contributed by atoms with van der Waals surface area (Å²) >= 11 is 0. The van der Waals surface area contributed by atoms with E-state index in [-0.39, 0.29) is 12.0 Å². The molecule has 0 aromatic heterocycles. The lowest BCUT2D eigenvalue weighted by molar-refractivity contribution is -0.143. The molecule has 21 heavy (non-hydrogen) atoms. The van der Waals surface area contributed by atoms with Crippen molar-refractivity contribution in [2.75, 3.05) is 32.8 Å². The average molecular weight is 290 g/mol. The van der Waals surface area contributed by atoms with Crippen LogP contribution >= 0.6 is 0 Å². The minimum absolute atomic E-state index is 0.127. The first-order valence-electron chi connectivity index (χ1n) is 7.96. The topological polar surface area (TPSA) is 41.6 Å². The summed E-state index contributed by atoms with van der Waals surface area (Å²) in [6.07, 6.45) is 3.02. The second-order valence-electron chi connectivity index (χ2n) is 5.48. The monoisotopic (exact) mass is 290 g/mol. The molecular formula is C17H26N2O2. The molecule has 0 bridgehead atoms. The summed E-state index contributed by atoms with van der Waals surface area (Å²) in [5.41, 5.74) is 1.29. The van der Waals surface area contributed by atoms with Crippen LogP contribution < -0.4 is 5.32 Å². The summed E-state index contributed by atoms with van der Waals surface area (Å²) in [7, 11) is 0. The summed E-state index contributed by atoms with van der Waals surface area (Å²) in [5, 5.41) is 3.51. The van der Waals surface area contributed by atoms with E-state index in [4.69, 9.17) is 4.74 Å². The number of hydrogen-bond donors (Lipinski definition) is 1. The van der Waals surface area contributed by atoms with Gasteiger partial charge in [0.2, 0.25) is 0 Å². The molecule has 4 nitrogen and oxygen atoms in total. The maximum Gasteiger partial charge on any atom is 0.307 e. The predicted octanol–water partition coefficient (Wildman–Crippen LogP) is 2.37. The van der Waals surface area contributed by atoms with Gasteiger partial charge in [-0.15, -0.1) is 0 Å². The summed E-state index contributed by atoms with van der Waals surface area (Å²) in [5.74, 6) is -0.127. The number of nitrogens with one attached hydrogen (secondary N) is 1. The van der Waals surface area contributed by atoms with Crippen LogP contribution in [0.3, 0.4) is 0 Å². The molecule has 1 aliphatic rings. The fourth-order valence-corrected chi connectivity index (χ4v) is 2.78. The van der Waals surface area contributed by atoms with Gasteiger partial charge >= 0.3 is 5.97 Å². The molecule has 4 heteroatoms. The molecule has 2 rings (SSSR count). The molecule has 0 spiro atoms. The highest BCUT2D eigenvalue weighted by Crippen LogP contribution is 2.17. The van der Waals surface area contributed by atoms with Crippen LogP contribution in [0.2, 0.25) is 0 Å². The van der Waals surface area contributed by atoms with Crippen LogP contribution in [0.25, 0.3) is 0 Å². The maximum absolute atomic E-state index is 11.4. The first-order valence-corrected chi connectivity index (χ1v) is 7.96. The molecule has 1 heterocycles. The number of likely N-dealkylation sites (tertiary alicyclic amines) is 1. The molecule has 0 aliphatic carbocycles. The molecular weight excluding hydrogens is 264 g/mol. The maximum atomic E-state index is 11.4. The zero-order chi connectivity index (χ0) is 14.9. The van der Waals surface area contributed by atoms with Gasteiger partial charge in [-0.05, 0) is 38.4 Å². The molecule has 0 unspecified atom stereocenters. The van der Waals surface area contributed by atoms with Crippen molar-refractivity contribution >= 4 is 5.97 Å². The third-order valence-electron chi connectivity index (χ3n) is 3.87. The lowest BCUT2D eigenvalue weighted by Crippen LogP contribution is -2.34. The van der Waals surface area contributed by atoms with E-state index < -0.39 is 0 Å². The van der Waals surface area contributed by atoms with Crippen LogP contribution in [-0.2, 0) is 9.53 Å². The minimum Gasteiger partial charge on any atom is -0.466 e. The largest absolute Gasteiger partial charge is 0.466 e. The van der Waals surface area contributed by atoms with Crippen molar-refractivity contribution in [2.24, 2.45) is 0 Å². The Balaban J connectivity index is 1.87. The van der Waals surface area contributed by atoms with E-state index in [2.05, 4.69) is 34.5 Å². The zero-order valence-electron chi connectivity index (χ0n) is 12.9. The predicted molar refractivity (Wildman–Crippen MR) is 84.1 cm³/mol. The van der Waals surface area contributed by atoms with Crippen LogP contribution in [0.5, 0.6) is 0 Å². The number of nitrogens with zero attached hydrogens (tertiary/aromatic N) is 1. The van der Waals surface area contributed by atoms with Crippen LogP contribution in [0.15, 0.2) is 30.3 Å². The van der Waals surface area contributed by atoms with E-state index in [1.54, 1.807) is 0 Å². The second-order valence-corrected chi connectivity index (χ2v) is 5.48. The number of hydrogen-bond acceptors (Lipinski definition) is 4. The highest BCUT2D eigenvalue weighted by molar-refractivity contribution is 5.69. The zero-order valence-corrected chi connectivity index (χ0v) is 12.9.